The number of imidazole rings is 1. The summed E-state index contributed by atoms with van der Waals surface area (Å²) in [5.74, 6) is 1.58. The molecule has 3 heterocycles. The molecule has 0 radical (unpaired) electrons. The van der Waals surface area contributed by atoms with Crippen LogP contribution in [0.2, 0.25) is 0 Å². The van der Waals surface area contributed by atoms with Gasteiger partial charge >= 0.3 is 0 Å². The Balaban J connectivity index is 1.35. The lowest BCUT2D eigenvalue weighted by Crippen LogP contribution is -2.27. The summed E-state index contributed by atoms with van der Waals surface area (Å²) in [5.41, 5.74) is 2.10. The number of hydrogen-bond acceptors (Lipinski definition) is 4. The third-order valence-corrected chi connectivity index (χ3v) is 6.00. The lowest BCUT2D eigenvalue weighted by Gasteiger charge is -2.16. The predicted molar refractivity (Wildman–Crippen MR) is 102 cm³/mol. The summed E-state index contributed by atoms with van der Waals surface area (Å²) in [6.45, 7) is 1.71. The quantitative estimate of drug-likeness (QED) is 0.694. The predicted octanol–water partition coefficient (Wildman–Crippen LogP) is 3.68. The Hall–Kier alpha value is -2.47. The van der Waals surface area contributed by atoms with E-state index in [9.17, 15) is 4.79 Å². The fourth-order valence-corrected chi connectivity index (χ4v) is 4.56. The number of thiazole rings is 1. The van der Waals surface area contributed by atoms with Gasteiger partial charge in [-0.2, -0.15) is 0 Å². The molecular weight excluding hydrogens is 344 g/mol. The van der Waals surface area contributed by atoms with Crippen LogP contribution >= 0.6 is 11.3 Å². The van der Waals surface area contributed by atoms with Crippen molar-refractivity contribution >= 4 is 17.2 Å². The number of carbonyl (C=O) groups is 1. The van der Waals surface area contributed by atoms with Crippen molar-refractivity contribution in [3.63, 3.8) is 0 Å². The molecule has 5 nitrogen and oxygen atoms in total. The average Bonchev–Trinajstić information content (AvgIpc) is 3.06. The first kappa shape index (κ1) is 15.8. The Morgan fingerprint density at radius 2 is 2.04 bits per heavy atom. The van der Waals surface area contributed by atoms with E-state index in [1.54, 1.807) is 11.3 Å². The number of aromatic nitrogens is 3. The highest BCUT2D eigenvalue weighted by molar-refractivity contribution is 7.13. The highest BCUT2D eigenvalue weighted by Crippen LogP contribution is 2.34. The largest absolute Gasteiger partial charge is 0.339 e. The lowest BCUT2D eigenvalue weighted by atomic mass is 10.1. The van der Waals surface area contributed by atoms with E-state index in [2.05, 4.69) is 32.0 Å². The Morgan fingerprint density at radius 3 is 2.85 bits per heavy atom. The van der Waals surface area contributed by atoms with Crippen LogP contribution in [0.15, 0.2) is 48.1 Å². The van der Waals surface area contributed by atoms with Gasteiger partial charge in [0.05, 0.1) is 5.69 Å². The maximum absolute atomic E-state index is 12.2. The Bertz CT molecular complexity index is 928. The first-order valence-corrected chi connectivity index (χ1v) is 9.98. The van der Waals surface area contributed by atoms with E-state index in [1.165, 1.54) is 12.8 Å². The minimum atomic E-state index is 0.319. The third kappa shape index (κ3) is 2.94. The van der Waals surface area contributed by atoms with E-state index in [1.807, 2.05) is 30.6 Å². The molecule has 0 N–H and O–H groups in total. The molecule has 2 aliphatic rings. The Labute approximate surface area is 156 Å². The van der Waals surface area contributed by atoms with Crippen molar-refractivity contribution in [3.8, 4) is 22.1 Å². The molecule has 3 aromatic rings. The summed E-state index contributed by atoms with van der Waals surface area (Å²) in [6.07, 6.45) is 6.84. The van der Waals surface area contributed by atoms with Crippen molar-refractivity contribution in [3.05, 3.63) is 48.1 Å². The molecule has 1 saturated carbocycles. The maximum atomic E-state index is 12.2. The highest BCUT2D eigenvalue weighted by atomic mass is 32.1. The molecule has 0 bridgehead atoms. The van der Waals surface area contributed by atoms with Gasteiger partial charge in [0, 0.05) is 54.8 Å². The SMILES string of the molecule is O=C1CC(Cn2ccnc2-c2nc(-c3ccccc3)cs2)CN1C1CC1. The Morgan fingerprint density at radius 1 is 1.19 bits per heavy atom. The molecule has 1 aromatic carbocycles. The molecule has 1 aliphatic carbocycles. The minimum absolute atomic E-state index is 0.319. The van der Waals surface area contributed by atoms with Crippen LogP contribution in [-0.2, 0) is 11.3 Å². The molecule has 1 aliphatic heterocycles. The van der Waals surface area contributed by atoms with Gasteiger partial charge in [-0.25, -0.2) is 9.97 Å². The maximum Gasteiger partial charge on any atom is 0.223 e. The van der Waals surface area contributed by atoms with Crippen molar-refractivity contribution in [2.75, 3.05) is 6.54 Å². The average molecular weight is 364 g/mol. The van der Waals surface area contributed by atoms with Crippen LogP contribution in [0.3, 0.4) is 0 Å². The Kier molecular flexibility index (Phi) is 3.85. The molecular formula is C20H20N4OS. The van der Waals surface area contributed by atoms with E-state index >= 15 is 0 Å². The summed E-state index contributed by atoms with van der Waals surface area (Å²) in [7, 11) is 0. The third-order valence-electron chi connectivity index (χ3n) is 5.16. The second kappa shape index (κ2) is 6.36. The van der Waals surface area contributed by atoms with Crippen molar-refractivity contribution in [2.45, 2.75) is 31.8 Å². The fraction of sp³-hybridized carbons (Fsp3) is 0.350. The number of hydrogen-bond donors (Lipinski definition) is 0. The van der Waals surface area contributed by atoms with Crippen molar-refractivity contribution in [1.29, 1.82) is 0 Å². The number of likely N-dealkylation sites (tertiary alicyclic amines) is 1. The number of rotatable bonds is 5. The van der Waals surface area contributed by atoms with Crippen molar-refractivity contribution in [2.24, 2.45) is 5.92 Å². The van der Waals surface area contributed by atoms with Gasteiger partial charge in [0.25, 0.3) is 0 Å². The van der Waals surface area contributed by atoms with Crippen LogP contribution in [0.4, 0.5) is 0 Å². The van der Waals surface area contributed by atoms with Gasteiger partial charge in [-0.1, -0.05) is 30.3 Å². The normalized spacial score (nSPS) is 20.1. The topological polar surface area (TPSA) is 51.0 Å². The molecule has 2 aromatic heterocycles. The van der Waals surface area contributed by atoms with Crippen LogP contribution in [-0.4, -0.2) is 37.9 Å². The lowest BCUT2D eigenvalue weighted by molar-refractivity contribution is -0.128. The minimum Gasteiger partial charge on any atom is -0.339 e. The van der Waals surface area contributed by atoms with Gasteiger partial charge in [-0.05, 0) is 12.8 Å². The number of amides is 1. The van der Waals surface area contributed by atoms with Gasteiger partial charge in [-0.3, -0.25) is 4.79 Å². The first-order valence-electron chi connectivity index (χ1n) is 9.10. The zero-order chi connectivity index (χ0) is 17.5. The molecule has 2 fully saturated rings. The highest BCUT2D eigenvalue weighted by Gasteiger charge is 2.39. The summed E-state index contributed by atoms with van der Waals surface area (Å²) in [5, 5.41) is 3.01. The summed E-state index contributed by atoms with van der Waals surface area (Å²) >= 11 is 1.62. The zero-order valence-electron chi connectivity index (χ0n) is 14.4. The van der Waals surface area contributed by atoms with Crippen LogP contribution in [0.5, 0.6) is 0 Å². The number of carbonyl (C=O) groups excluding carboxylic acids is 1. The number of nitrogens with zero attached hydrogens (tertiary/aromatic N) is 4. The van der Waals surface area contributed by atoms with Crippen LogP contribution in [0.1, 0.15) is 19.3 Å². The zero-order valence-corrected chi connectivity index (χ0v) is 15.2. The molecule has 1 atom stereocenters. The second-order valence-electron chi connectivity index (χ2n) is 7.15. The van der Waals surface area contributed by atoms with E-state index in [-0.39, 0.29) is 0 Å². The van der Waals surface area contributed by atoms with Crippen LogP contribution in [0, 0.1) is 5.92 Å². The van der Waals surface area contributed by atoms with Crippen molar-refractivity contribution in [1.82, 2.24) is 19.4 Å². The smallest absolute Gasteiger partial charge is 0.223 e. The summed E-state index contributed by atoms with van der Waals surface area (Å²) < 4.78 is 2.15. The molecule has 132 valence electrons. The molecule has 6 heteroatoms. The monoisotopic (exact) mass is 364 g/mol. The van der Waals surface area contributed by atoms with Crippen LogP contribution in [0.25, 0.3) is 22.1 Å². The molecule has 1 amide bonds. The van der Waals surface area contributed by atoms with Gasteiger partial charge in [0.1, 0.15) is 0 Å². The second-order valence-corrected chi connectivity index (χ2v) is 8.01. The first-order chi connectivity index (χ1) is 12.8. The summed E-state index contributed by atoms with van der Waals surface area (Å²) in [6, 6.07) is 10.7. The van der Waals surface area contributed by atoms with Crippen molar-refractivity contribution < 1.29 is 4.79 Å². The van der Waals surface area contributed by atoms with Crippen LogP contribution < -0.4 is 0 Å². The number of benzene rings is 1. The molecule has 1 saturated heterocycles. The van der Waals surface area contributed by atoms with Gasteiger partial charge < -0.3 is 9.47 Å². The van der Waals surface area contributed by atoms with E-state index in [4.69, 9.17) is 4.98 Å². The molecule has 26 heavy (non-hydrogen) atoms. The van der Waals surface area contributed by atoms with E-state index in [0.29, 0.717) is 24.3 Å². The molecule has 0 spiro atoms. The van der Waals surface area contributed by atoms with Gasteiger partial charge in [-0.15, -0.1) is 11.3 Å². The van der Waals surface area contributed by atoms with E-state index < -0.39 is 0 Å². The van der Waals surface area contributed by atoms with Gasteiger partial charge in [0.2, 0.25) is 5.91 Å². The molecule has 1 unspecified atom stereocenters. The van der Waals surface area contributed by atoms with E-state index in [0.717, 1.165) is 35.2 Å². The standard InChI is InChI=1S/C20H20N4OS/c25-18-10-14(12-24(18)16-6-7-16)11-23-9-8-21-19(23)20-22-17(13-26-20)15-4-2-1-3-5-15/h1-5,8-9,13-14,16H,6-7,10-12H2. The van der Waals surface area contributed by atoms with Gasteiger partial charge in [0.15, 0.2) is 10.8 Å². The summed E-state index contributed by atoms with van der Waals surface area (Å²) in [4.78, 5) is 23.6. The fourth-order valence-electron chi connectivity index (χ4n) is 3.72. The molecule has 5 rings (SSSR count).